The molecule has 2 aromatic carbocycles. The highest BCUT2D eigenvalue weighted by molar-refractivity contribution is 5.75. The van der Waals surface area contributed by atoms with Crippen LogP contribution in [-0.4, -0.2) is 29.9 Å². The number of halogens is 1. The highest BCUT2D eigenvalue weighted by Gasteiger charge is 2.10. The average Bonchev–Trinajstić information content (AvgIpc) is 2.74. The predicted molar refractivity (Wildman–Crippen MR) is 105 cm³/mol. The minimum atomic E-state index is -0.405. The molecular weight excluding hydrogens is 377 g/mol. The van der Waals surface area contributed by atoms with Crippen molar-refractivity contribution in [3.05, 3.63) is 76.3 Å². The molecule has 0 aliphatic heterocycles. The van der Waals surface area contributed by atoms with Crippen molar-refractivity contribution >= 4 is 5.91 Å². The first kappa shape index (κ1) is 20.1. The molecule has 1 N–H and O–H groups in total. The maximum Gasteiger partial charge on any atom is 0.267 e. The smallest absolute Gasteiger partial charge is 0.267 e. The van der Waals surface area contributed by atoms with E-state index in [0.29, 0.717) is 22.8 Å². The summed E-state index contributed by atoms with van der Waals surface area (Å²) >= 11 is 0. The number of amides is 1. The number of nitrogens with zero attached hydrogens (tertiary/aromatic N) is 2. The second kappa shape index (κ2) is 9.01. The van der Waals surface area contributed by atoms with Crippen LogP contribution >= 0.6 is 0 Å². The van der Waals surface area contributed by atoms with Gasteiger partial charge in [0.2, 0.25) is 5.91 Å². The fourth-order valence-electron chi connectivity index (χ4n) is 2.72. The fourth-order valence-corrected chi connectivity index (χ4v) is 2.72. The van der Waals surface area contributed by atoms with E-state index >= 15 is 0 Å². The Bertz CT molecular complexity index is 1060. The molecule has 0 fully saturated rings. The summed E-state index contributed by atoms with van der Waals surface area (Å²) in [5.41, 5.74) is 1.52. The topological polar surface area (TPSA) is 82.5 Å². The van der Waals surface area contributed by atoms with Gasteiger partial charge in [0.05, 0.1) is 19.9 Å². The lowest BCUT2D eigenvalue weighted by molar-refractivity contribution is -0.122. The van der Waals surface area contributed by atoms with Gasteiger partial charge >= 0.3 is 0 Å². The summed E-state index contributed by atoms with van der Waals surface area (Å²) in [4.78, 5) is 24.3. The van der Waals surface area contributed by atoms with Crippen molar-refractivity contribution in [3.8, 4) is 22.8 Å². The lowest BCUT2D eigenvalue weighted by Gasteiger charge is -2.11. The number of ether oxygens (including phenoxy) is 2. The van der Waals surface area contributed by atoms with Gasteiger partial charge in [-0.2, -0.15) is 5.10 Å². The molecule has 0 atom stereocenters. The van der Waals surface area contributed by atoms with Crippen LogP contribution in [0.1, 0.15) is 5.56 Å². The van der Waals surface area contributed by atoms with Crippen LogP contribution in [0.25, 0.3) is 11.3 Å². The Balaban J connectivity index is 1.68. The minimum absolute atomic E-state index is 0.235. The third kappa shape index (κ3) is 4.98. The number of hydrogen-bond acceptors (Lipinski definition) is 5. The van der Waals surface area contributed by atoms with Crippen LogP contribution in [0.15, 0.2) is 59.4 Å². The zero-order valence-electron chi connectivity index (χ0n) is 16.0. The second-order valence-electron chi connectivity index (χ2n) is 6.19. The Hall–Kier alpha value is -3.68. The zero-order valence-corrected chi connectivity index (χ0v) is 16.0. The van der Waals surface area contributed by atoms with E-state index in [4.69, 9.17) is 9.47 Å². The fraction of sp³-hybridized carbons (Fsp3) is 0.190. The summed E-state index contributed by atoms with van der Waals surface area (Å²) in [6.45, 7) is 0.0206. The number of nitrogens with one attached hydrogen (secondary N) is 1. The van der Waals surface area contributed by atoms with Gasteiger partial charge < -0.3 is 14.8 Å². The Morgan fingerprint density at radius 2 is 1.76 bits per heavy atom. The molecule has 1 heterocycles. The quantitative estimate of drug-likeness (QED) is 0.662. The first-order valence-electron chi connectivity index (χ1n) is 8.82. The predicted octanol–water partition coefficient (Wildman–Crippen LogP) is 2.38. The number of carbonyl (C=O) groups is 1. The van der Waals surface area contributed by atoms with E-state index in [1.165, 1.54) is 31.4 Å². The van der Waals surface area contributed by atoms with Gasteiger partial charge in [-0.25, -0.2) is 9.07 Å². The van der Waals surface area contributed by atoms with Gasteiger partial charge in [-0.05, 0) is 48.0 Å². The Morgan fingerprint density at radius 1 is 1.03 bits per heavy atom. The molecule has 0 unspecified atom stereocenters. The van der Waals surface area contributed by atoms with Crippen molar-refractivity contribution in [2.24, 2.45) is 0 Å². The van der Waals surface area contributed by atoms with Crippen LogP contribution in [0.2, 0.25) is 0 Å². The van der Waals surface area contributed by atoms with Crippen molar-refractivity contribution in [3.63, 3.8) is 0 Å². The summed E-state index contributed by atoms with van der Waals surface area (Å²) in [5.74, 6) is 0.419. The van der Waals surface area contributed by atoms with Crippen LogP contribution in [0.4, 0.5) is 4.39 Å². The molecule has 0 spiro atoms. The molecule has 1 aromatic heterocycles. The second-order valence-corrected chi connectivity index (χ2v) is 6.19. The first-order chi connectivity index (χ1) is 14.0. The van der Waals surface area contributed by atoms with Crippen molar-refractivity contribution < 1.29 is 18.7 Å². The molecule has 29 heavy (non-hydrogen) atoms. The Labute approximate surface area is 166 Å². The summed E-state index contributed by atoms with van der Waals surface area (Å²) in [5, 5.41) is 6.95. The van der Waals surface area contributed by atoms with Gasteiger partial charge in [-0.1, -0.05) is 6.07 Å². The molecule has 0 aliphatic rings. The van der Waals surface area contributed by atoms with Crippen LogP contribution in [-0.2, 0) is 17.9 Å². The summed E-state index contributed by atoms with van der Waals surface area (Å²) in [7, 11) is 3.08. The Kier molecular flexibility index (Phi) is 6.23. The van der Waals surface area contributed by atoms with E-state index in [9.17, 15) is 14.0 Å². The van der Waals surface area contributed by atoms with E-state index < -0.39 is 5.56 Å². The number of rotatable bonds is 7. The first-order valence-corrected chi connectivity index (χ1v) is 8.82. The lowest BCUT2D eigenvalue weighted by atomic mass is 10.1. The van der Waals surface area contributed by atoms with Crippen LogP contribution in [0.5, 0.6) is 11.5 Å². The van der Waals surface area contributed by atoms with E-state index in [1.54, 1.807) is 37.4 Å². The van der Waals surface area contributed by atoms with E-state index in [1.807, 2.05) is 0 Å². The van der Waals surface area contributed by atoms with Crippen molar-refractivity contribution in [1.29, 1.82) is 0 Å². The lowest BCUT2D eigenvalue weighted by Crippen LogP contribution is -2.33. The van der Waals surface area contributed by atoms with Crippen molar-refractivity contribution in [1.82, 2.24) is 15.1 Å². The number of benzene rings is 2. The van der Waals surface area contributed by atoms with E-state index in [-0.39, 0.29) is 24.8 Å². The van der Waals surface area contributed by atoms with Gasteiger partial charge in [0.25, 0.3) is 5.56 Å². The van der Waals surface area contributed by atoms with E-state index in [2.05, 4.69) is 10.4 Å². The highest BCUT2D eigenvalue weighted by Crippen LogP contribution is 2.27. The molecule has 1 amide bonds. The van der Waals surface area contributed by atoms with E-state index in [0.717, 1.165) is 10.2 Å². The molecule has 0 saturated heterocycles. The molecule has 3 rings (SSSR count). The highest BCUT2D eigenvalue weighted by atomic mass is 19.1. The number of hydrogen-bond donors (Lipinski definition) is 1. The molecule has 0 aliphatic carbocycles. The largest absolute Gasteiger partial charge is 0.493 e. The minimum Gasteiger partial charge on any atom is -0.493 e. The number of carbonyl (C=O) groups excluding carboxylic acids is 1. The number of methoxy groups -OCH3 is 2. The van der Waals surface area contributed by atoms with Crippen molar-refractivity contribution in [2.45, 2.75) is 13.1 Å². The third-order valence-corrected chi connectivity index (χ3v) is 4.24. The molecule has 3 aromatic rings. The van der Waals surface area contributed by atoms with Gasteiger partial charge in [0.15, 0.2) is 11.5 Å². The molecular formula is C21H20FN3O4. The molecule has 150 valence electrons. The standard InChI is InChI=1S/C21H20FN3O4/c1-28-18-9-3-14(11-19(18)29-2)12-23-20(26)13-25-21(27)10-8-17(24-25)15-4-6-16(22)7-5-15/h3-11H,12-13H2,1-2H3,(H,23,26). The normalized spacial score (nSPS) is 10.4. The Morgan fingerprint density at radius 3 is 2.45 bits per heavy atom. The summed E-state index contributed by atoms with van der Waals surface area (Å²) in [6.07, 6.45) is 0. The maximum atomic E-state index is 13.1. The van der Waals surface area contributed by atoms with Gasteiger partial charge in [0.1, 0.15) is 12.4 Å². The summed E-state index contributed by atoms with van der Waals surface area (Å²) < 4.78 is 24.6. The van der Waals surface area contributed by atoms with Gasteiger partial charge in [-0.15, -0.1) is 0 Å². The maximum absolute atomic E-state index is 13.1. The van der Waals surface area contributed by atoms with Crippen LogP contribution < -0.4 is 20.3 Å². The molecule has 0 bridgehead atoms. The average molecular weight is 397 g/mol. The monoisotopic (exact) mass is 397 g/mol. The summed E-state index contributed by atoms with van der Waals surface area (Å²) in [6, 6.07) is 13.9. The van der Waals surface area contributed by atoms with Gasteiger partial charge in [-0.3, -0.25) is 9.59 Å². The van der Waals surface area contributed by atoms with Gasteiger partial charge in [0, 0.05) is 18.2 Å². The molecule has 0 radical (unpaired) electrons. The molecule has 7 nitrogen and oxygen atoms in total. The third-order valence-electron chi connectivity index (χ3n) is 4.24. The van der Waals surface area contributed by atoms with Crippen molar-refractivity contribution in [2.75, 3.05) is 14.2 Å². The SMILES string of the molecule is COc1ccc(CNC(=O)Cn2nc(-c3ccc(F)cc3)ccc2=O)cc1OC. The number of aromatic nitrogens is 2. The zero-order chi connectivity index (χ0) is 20.8. The van der Waals surface area contributed by atoms with Crippen LogP contribution in [0, 0.1) is 5.82 Å². The molecule has 0 saturated carbocycles. The van der Waals surface area contributed by atoms with Crippen LogP contribution in [0.3, 0.4) is 0 Å². The molecule has 8 heteroatoms.